The maximum atomic E-state index is 13.3. The van der Waals surface area contributed by atoms with E-state index in [1.54, 1.807) is 54.5 Å². The lowest BCUT2D eigenvalue weighted by Gasteiger charge is -2.35. The molecular weight excluding hydrogens is 515 g/mol. The number of anilines is 3. The zero-order chi connectivity index (χ0) is 26.9. The van der Waals surface area contributed by atoms with Gasteiger partial charge in [-0.15, -0.1) is 0 Å². The topological polar surface area (TPSA) is 119 Å². The van der Waals surface area contributed by atoms with Crippen LogP contribution in [0.3, 0.4) is 0 Å². The van der Waals surface area contributed by atoms with Crippen LogP contribution in [0.1, 0.15) is 42.5 Å². The van der Waals surface area contributed by atoms with Gasteiger partial charge in [0.25, 0.3) is 11.5 Å². The number of carbonyl (C=O) groups is 1. The van der Waals surface area contributed by atoms with E-state index in [9.17, 15) is 9.59 Å². The van der Waals surface area contributed by atoms with E-state index >= 15 is 0 Å². The summed E-state index contributed by atoms with van der Waals surface area (Å²) in [5.74, 6) is 1.45. The van der Waals surface area contributed by atoms with Gasteiger partial charge in [-0.1, -0.05) is 6.07 Å². The van der Waals surface area contributed by atoms with Gasteiger partial charge in [0.15, 0.2) is 5.65 Å². The maximum absolute atomic E-state index is 13.3. The molecule has 2 aliphatic carbocycles. The highest BCUT2D eigenvalue weighted by molar-refractivity contribution is 7.42. The van der Waals surface area contributed by atoms with Gasteiger partial charge in [0, 0.05) is 41.0 Å². The molecule has 0 radical (unpaired) electrons. The molecular formula is C27H29N8O3P. The van der Waals surface area contributed by atoms with Crippen molar-refractivity contribution in [3.63, 3.8) is 0 Å². The molecule has 1 amide bonds. The molecule has 2 aliphatic rings. The zero-order valence-corrected chi connectivity index (χ0v) is 22.6. The summed E-state index contributed by atoms with van der Waals surface area (Å²) < 4.78 is 10.7. The van der Waals surface area contributed by atoms with Crippen LogP contribution in [0.15, 0.2) is 59.8 Å². The number of nitrogens with one attached hydrogen (secondary N) is 2. The molecule has 0 aromatic carbocycles. The first kappa shape index (κ1) is 25.2. The van der Waals surface area contributed by atoms with Crippen LogP contribution in [-0.4, -0.2) is 61.7 Å². The van der Waals surface area contributed by atoms with Crippen LogP contribution >= 0.6 is 8.35 Å². The number of nitrogens with zero attached hydrogens (tertiary/aromatic N) is 6. The van der Waals surface area contributed by atoms with Gasteiger partial charge >= 0.3 is 0 Å². The van der Waals surface area contributed by atoms with Crippen molar-refractivity contribution in [2.24, 2.45) is 0 Å². The van der Waals surface area contributed by atoms with Crippen molar-refractivity contribution in [2.45, 2.75) is 44.2 Å². The van der Waals surface area contributed by atoms with Crippen LogP contribution in [0.4, 0.5) is 17.3 Å². The normalized spacial score (nSPS) is 18.5. The smallest absolute Gasteiger partial charge is 0.279 e. The second-order valence-electron chi connectivity index (χ2n) is 9.68. The van der Waals surface area contributed by atoms with Crippen molar-refractivity contribution in [3.8, 4) is 5.82 Å². The molecule has 2 saturated carbocycles. The fourth-order valence-corrected chi connectivity index (χ4v) is 5.85. The highest BCUT2D eigenvalue weighted by Gasteiger charge is 2.33. The van der Waals surface area contributed by atoms with Crippen molar-refractivity contribution in [1.82, 2.24) is 29.5 Å². The largest absolute Gasteiger partial charge is 0.379 e. The lowest BCUT2D eigenvalue weighted by molar-refractivity contribution is 0.00732. The van der Waals surface area contributed by atoms with Crippen molar-refractivity contribution in [3.05, 3.63) is 70.9 Å². The number of fused-ring (bicyclic) bond motifs is 1. The summed E-state index contributed by atoms with van der Waals surface area (Å²) in [4.78, 5) is 35.6. The average molecular weight is 545 g/mol. The summed E-state index contributed by atoms with van der Waals surface area (Å²) in [5.41, 5.74) is 0.838. The Kier molecular flexibility index (Phi) is 6.85. The highest BCUT2D eigenvalue weighted by Crippen LogP contribution is 2.30. The van der Waals surface area contributed by atoms with Crippen molar-refractivity contribution < 1.29 is 9.53 Å². The second-order valence-corrected chi connectivity index (χ2v) is 11.1. The Hall–Kier alpha value is -4.08. The fourth-order valence-electron chi connectivity index (χ4n) is 4.67. The third kappa shape index (κ3) is 4.91. The number of rotatable bonds is 8. The van der Waals surface area contributed by atoms with Gasteiger partial charge in [-0.25, -0.2) is 9.97 Å². The molecule has 2 N–H and O–H groups in total. The van der Waals surface area contributed by atoms with Gasteiger partial charge in [-0.2, -0.15) is 9.61 Å². The fraction of sp³-hybridized carbons (Fsp3) is 0.333. The van der Waals surface area contributed by atoms with Crippen molar-refractivity contribution >= 4 is 42.5 Å². The molecule has 0 bridgehead atoms. The summed E-state index contributed by atoms with van der Waals surface area (Å²) in [6.07, 6.45) is 10.1. The van der Waals surface area contributed by atoms with Crippen LogP contribution in [-0.2, 0) is 4.74 Å². The minimum absolute atomic E-state index is 0.0142. The standard InChI is InChI=1S/C27H29N8O3P/c1-33(39-17-7-5-8-17)24-15-22(30-20-9-6-14-34(27(20)37)23-10-3-4-13-28-23)32-25-18(16-29-35(24)25)26(36)31-19-11-12-21(19)38-2/h3-4,6,9-10,13-16,19,21H,5,7-8,11-12H2,1-2H3,(H,30,32)(H,31,36). The molecule has 4 aromatic heterocycles. The van der Waals surface area contributed by atoms with E-state index in [2.05, 4.69) is 25.4 Å². The summed E-state index contributed by atoms with van der Waals surface area (Å²) in [5, 5.41) is 12.2. The minimum atomic E-state index is -0.266. The van der Waals surface area contributed by atoms with E-state index in [1.807, 2.05) is 19.2 Å². The summed E-state index contributed by atoms with van der Waals surface area (Å²) in [7, 11) is 4.72. The molecule has 11 nitrogen and oxygen atoms in total. The Labute approximate surface area is 226 Å². The van der Waals surface area contributed by atoms with E-state index in [4.69, 9.17) is 9.72 Å². The number of hydrogen-bond acceptors (Lipinski definition) is 8. The summed E-state index contributed by atoms with van der Waals surface area (Å²) in [6.45, 7) is 0. The van der Waals surface area contributed by atoms with E-state index in [1.165, 1.54) is 16.3 Å². The van der Waals surface area contributed by atoms with Gasteiger partial charge in [-0.05, 0) is 61.7 Å². The Morgan fingerprint density at radius 1 is 1.21 bits per heavy atom. The molecule has 2 unspecified atom stereocenters. The molecule has 4 aromatic rings. The first-order valence-corrected chi connectivity index (χ1v) is 13.8. The Morgan fingerprint density at radius 3 is 2.77 bits per heavy atom. The Bertz CT molecular complexity index is 1610. The highest BCUT2D eigenvalue weighted by atomic mass is 31.1. The zero-order valence-electron chi connectivity index (χ0n) is 21.7. The molecule has 6 rings (SSSR count). The third-order valence-corrected chi connectivity index (χ3v) is 8.42. The molecule has 200 valence electrons. The van der Waals surface area contributed by atoms with Crippen molar-refractivity contribution in [2.75, 3.05) is 24.1 Å². The SMILES string of the molecule is COC1CCC1NC(=O)c1cnn2c(N(C)P=C3CCC3)cc(Nc3cccn(-c4ccccn4)c3=O)nc12. The van der Waals surface area contributed by atoms with Crippen LogP contribution < -0.4 is 20.9 Å². The van der Waals surface area contributed by atoms with Crippen molar-refractivity contribution in [1.29, 1.82) is 0 Å². The number of methoxy groups -OCH3 is 1. The average Bonchev–Trinajstić information content (AvgIpc) is 3.34. The van der Waals surface area contributed by atoms with Gasteiger partial charge in [-0.3, -0.25) is 14.2 Å². The first-order valence-electron chi connectivity index (χ1n) is 12.9. The first-order chi connectivity index (χ1) is 19.0. The predicted molar refractivity (Wildman–Crippen MR) is 152 cm³/mol. The molecule has 39 heavy (non-hydrogen) atoms. The van der Waals surface area contributed by atoms with E-state index in [0.29, 0.717) is 28.5 Å². The molecule has 12 heteroatoms. The molecule has 0 spiro atoms. The Morgan fingerprint density at radius 2 is 2.08 bits per heavy atom. The number of aromatic nitrogens is 5. The molecule has 0 aliphatic heterocycles. The van der Waals surface area contributed by atoms with E-state index in [0.717, 1.165) is 39.9 Å². The lowest BCUT2D eigenvalue weighted by Crippen LogP contribution is -2.51. The van der Waals surface area contributed by atoms with Gasteiger partial charge < -0.3 is 20.0 Å². The molecule has 2 fully saturated rings. The maximum Gasteiger partial charge on any atom is 0.279 e. The molecule has 0 saturated heterocycles. The number of hydrogen-bond donors (Lipinski definition) is 2. The summed E-state index contributed by atoms with van der Waals surface area (Å²) in [6, 6.07) is 10.7. The minimum Gasteiger partial charge on any atom is -0.379 e. The monoisotopic (exact) mass is 544 g/mol. The quantitative estimate of drug-likeness (QED) is 0.323. The molecule has 4 heterocycles. The third-order valence-electron chi connectivity index (χ3n) is 7.19. The van der Waals surface area contributed by atoms with Crippen LogP contribution in [0.5, 0.6) is 0 Å². The lowest BCUT2D eigenvalue weighted by atomic mass is 9.89. The number of ether oxygens (including phenoxy) is 1. The van der Waals surface area contributed by atoms with Crippen LogP contribution in [0, 0.1) is 0 Å². The van der Waals surface area contributed by atoms with Crippen LogP contribution in [0.25, 0.3) is 11.5 Å². The second kappa shape index (κ2) is 10.6. The number of amides is 1. The van der Waals surface area contributed by atoms with E-state index in [-0.39, 0.29) is 23.6 Å². The number of pyridine rings is 2. The summed E-state index contributed by atoms with van der Waals surface area (Å²) >= 11 is 0. The van der Waals surface area contributed by atoms with Crippen LogP contribution in [0.2, 0.25) is 0 Å². The van der Waals surface area contributed by atoms with E-state index < -0.39 is 0 Å². The Balaban J connectivity index is 1.39. The predicted octanol–water partition coefficient (Wildman–Crippen LogP) is 3.58. The van der Waals surface area contributed by atoms with Gasteiger partial charge in [0.1, 0.15) is 28.7 Å². The molecule has 2 atom stereocenters. The van der Waals surface area contributed by atoms with Gasteiger partial charge in [0.05, 0.1) is 18.3 Å². The number of carbonyl (C=O) groups excluding carboxylic acids is 1. The van der Waals surface area contributed by atoms with Gasteiger partial charge in [0.2, 0.25) is 0 Å².